The number of hydrogen-bond acceptors (Lipinski definition) is 3. The smallest absolute Gasteiger partial charge is 0.162 e. The predicted molar refractivity (Wildman–Crippen MR) is 75.1 cm³/mol. The molecule has 0 radical (unpaired) electrons. The Hall–Kier alpha value is -1.03. The number of aliphatic hydroxyl groups is 1. The van der Waals surface area contributed by atoms with E-state index >= 15 is 0 Å². The molecule has 1 aromatic heterocycles. The van der Waals surface area contributed by atoms with Crippen molar-refractivity contribution >= 4 is 0 Å². The van der Waals surface area contributed by atoms with Gasteiger partial charge in [-0.3, -0.25) is 4.68 Å². The Morgan fingerprint density at radius 2 is 2.26 bits per heavy atom. The fourth-order valence-electron chi connectivity index (χ4n) is 3.32. The molecule has 0 aliphatic heterocycles. The van der Waals surface area contributed by atoms with E-state index in [0.717, 1.165) is 43.7 Å². The number of aromatic nitrogens is 2. The Labute approximate surface area is 115 Å². The lowest BCUT2D eigenvalue weighted by Crippen LogP contribution is -2.40. The van der Waals surface area contributed by atoms with Crippen LogP contribution in [0.4, 0.5) is 0 Å². The van der Waals surface area contributed by atoms with Crippen LogP contribution in [0.3, 0.4) is 0 Å². The van der Waals surface area contributed by atoms with Crippen LogP contribution in [0, 0.1) is 11.8 Å². The van der Waals surface area contributed by atoms with Crippen molar-refractivity contribution in [3.63, 3.8) is 0 Å². The first-order chi connectivity index (χ1) is 9.02. The van der Waals surface area contributed by atoms with Gasteiger partial charge in [-0.05, 0) is 37.5 Å². The summed E-state index contributed by atoms with van der Waals surface area (Å²) in [6.07, 6.45) is 5.63. The maximum absolute atomic E-state index is 11.2. The highest BCUT2D eigenvalue weighted by Crippen LogP contribution is 2.46. The van der Waals surface area contributed by atoms with Gasteiger partial charge in [0.2, 0.25) is 0 Å². The Balaban J connectivity index is 2.40. The largest absolute Gasteiger partial charge is 0.493 e. The summed E-state index contributed by atoms with van der Waals surface area (Å²) >= 11 is 0. The van der Waals surface area contributed by atoms with E-state index < -0.39 is 5.60 Å². The third-order valence-corrected chi connectivity index (χ3v) is 4.46. The zero-order valence-electron chi connectivity index (χ0n) is 12.5. The van der Waals surface area contributed by atoms with Gasteiger partial charge >= 0.3 is 0 Å². The third kappa shape index (κ3) is 2.50. The Morgan fingerprint density at radius 3 is 2.84 bits per heavy atom. The third-order valence-electron chi connectivity index (χ3n) is 4.46. The summed E-state index contributed by atoms with van der Waals surface area (Å²) in [5.74, 6) is 1.64. The molecule has 0 amide bonds. The molecule has 4 heteroatoms. The number of hydrogen-bond donors (Lipinski definition) is 1. The van der Waals surface area contributed by atoms with Crippen molar-refractivity contribution in [2.45, 2.75) is 58.6 Å². The van der Waals surface area contributed by atoms with E-state index in [-0.39, 0.29) is 5.92 Å². The van der Waals surface area contributed by atoms with Gasteiger partial charge in [0, 0.05) is 6.54 Å². The molecule has 1 fully saturated rings. The second kappa shape index (κ2) is 5.53. The average molecular weight is 266 g/mol. The van der Waals surface area contributed by atoms with Crippen molar-refractivity contribution in [2.24, 2.45) is 11.8 Å². The highest BCUT2D eigenvalue weighted by atomic mass is 16.5. The van der Waals surface area contributed by atoms with Crippen molar-refractivity contribution in [1.82, 2.24) is 9.78 Å². The van der Waals surface area contributed by atoms with Gasteiger partial charge in [-0.25, -0.2) is 0 Å². The molecule has 0 saturated heterocycles. The highest BCUT2D eigenvalue weighted by molar-refractivity contribution is 5.32. The fourth-order valence-corrected chi connectivity index (χ4v) is 3.32. The summed E-state index contributed by atoms with van der Waals surface area (Å²) in [5.41, 5.74) is 0.0695. The van der Waals surface area contributed by atoms with Gasteiger partial charge in [0.25, 0.3) is 0 Å². The molecule has 0 bridgehead atoms. The van der Waals surface area contributed by atoms with Gasteiger partial charge in [0.15, 0.2) is 5.75 Å². The second-order valence-corrected chi connectivity index (χ2v) is 5.99. The maximum Gasteiger partial charge on any atom is 0.162 e. The molecule has 3 unspecified atom stereocenters. The molecule has 2 rings (SSSR count). The minimum absolute atomic E-state index is 0.234. The van der Waals surface area contributed by atoms with Crippen molar-refractivity contribution < 1.29 is 9.84 Å². The molecule has 19 heavy (non-hydrogen) atoms. The standard InChI is InChI=1S/C15H26N2O2/c1-5-8-17-14(13(19-4)10-16-17)15(18)7-6-11(2)9-12(15)3/h10-12,18H,5-9H2,1-4H3. The van der Waals surface area contributed by atoms with Crippen molar-refractivity contribution in [1.29, 1.82) is 0 Å². The van der Waals surface area contributed by atoms with E-state index in [9.17, 15) is 5.11 Å². The number of methoxy groups -OCH3 is 1. The van der Waals surface area contributed by atoms with Crippen LogP contribution in [0.1, 0.15) is 52.1 Å². The van der Waals surface area contributed by atoms with Crippen LogP contribution < -0.4 is 4.74 Å². The van der Waals surface area contributed by atoms with Gasteiger partial charge in [-0.1, -0.05) is 20.8 Å². The molecule has 1 saturated carbocycles. The lowest BCUT2D eigenvalue weighted by molar-refractivity contribution is -0.0669. The Kier molecular flexibility index (Phi) is 4.19. The summed E-state index contributed by atoms with van der Waals surface area (Å²) in [6.45, 7) is 7.34. The number of ether oxygens (including phenoxy) is 1. The summed E-state index contributed by atoms with van der Waals surface area (Å²) in [7, 11) is 1.65. The van der Waals surface area contributed by atoms with Crippen LogP contribution in [0.2, 0.25) is 0 Å². The number of nitrogens with zero attached hydrogens (tertiary/aromatic N) is 2. The van der Waals surface area contributed by atoms with Crippen LogP contribution in [-0.4, -0.2) is 22.0 Å². The molecule has 1 aliphatic rings. The molecule has 1 heterocycles. The Bertz CT molecular complexity index is 430. The molecule has 4 nitrogen and oxygen atoms in total. The topological polar surface area (TPSA) is 47.3 Å². The van der Waals surface area contributed by atoms with Crippen LogP contribution in [-0.2, 0) is 12.1 Å². The van der Waals surface area contributed by atoms with Crippen molar-refractivity contribution in [3.05, 3.63) is 11.9 Å². The summed E-state index contributed by atoms with van der Waals surface area (Å²) in [4.78, 5) is 0. The van der Waals surface area contributed by atoms with Gasteiger partial charge in [-0.15, -0.1) is 0 Å². The van der Waals surface area contributed by atoms with Crippen molar-refractivity contribution in [2.75, 3.05) is 7.11 Å². The summed E-state index contributed by atoms with van der Waals surface area (Å²) < 4.78 is 7.34. The summed E-state index contributed by atoms with van der Waals surface area (Å²) in [6, 6.07) is 0. The molecule has 0 aromatic carbocycles. The molecule has 108 valence electrons. The van der Waals surface area contributed by atoms with Gasteiger partial charge in [-0.2, -0.15) is 5.10 Å². The first-order valence-electron chi connectivity index (χ1n) is 7.35. The van der Waals surface area contributed by atoms with E-state index in [4.69, 9.17) is 4.74 Å². The molecule has 1 N–H and O–H groups in total. The first kappa shape index (κ1) is 14.4. The van der Waals surface area contributed by atoms with E-state index in [0.29, 0.717) is 5.92 Å². The first-order valence-corrected chi connectivity index (χ1v) is 7.35. The van der Waals surface area contributed by atoms with Crippen molar-refractivity contribution in [3.8, 4) is 5.75 Å². The molecule has 0 spiro atoms. The lowest BCUT2D eigenvalue weighted by atomic mass is 9.70. The molecular formula is C15H26N2O2. The maximum atomic E-state index is 11.2. The monoisotopic (exact) mass is 266 g/mol. The predicted octanol–water partition coefficient (Wildman–Crippen LogP) is 2.95. The van der Waals surface area contributed by atoms with E-state index in [1.165, 1.54) is 0 Å². The molecule has 3 atom stereocenters. The molecule has 1 aromatic rings. The zero-order chi connectivity index (χ0) is 14.0. The zero-order valence-corrected chi connectivity index (χ0v) is 12.5. The highest BCUT2D eigenvalue weighted by Gasteiger charge is 2.44. The van der Waals surface area contributed by atoms with Gasteiger partial charge in [0.1, 0.15) is 11.3 Å². The lowest BCUT2D eigenvalue weighted by Gasteiger charge is -2.41. The van der Waals surface area contributed by atoms with Gasteiger partial charge in [0.05, 0.1) is 13.3 Å². The van der Waals surface area contributed by atoms with Crippen LogP contribution >= 0.6 is 0 Å². The average Bonchev–Trinajstić information content (AvgIpc) is 2.78. The van der Waals surface area contributed by atoms with E-state index in [1.54, 1.807) is 13.3 Å². The minimum atomic E-state index is -0.802. The van der Waals surface area contributed by atoms with E-state index in [2.05, 4.69) is 25.9 Å². The SMILES string of the molecule is CCCn1ncc(OC)c1C1(O)CCC(C)CC1C. The van der Waals surface area contributed by atoms with Crippen LogP contribution in [0.15, 0.2) is 6.20 Å². The fraction of sp³-hybridized carbons (Fsp3) is 0.800. The second-order valence-electron chi connectivity index (χ2n) is 5.99. The normalized spacial score (nSPS) is 31.4. The van der Waals surface area contributed by atoms with Crippen LogP contribution in [0.25, 0.3) is 0 Å². The summed E-state index contributed by atoms with van der Waals surface area (Å²) in [5, 5.41) is 15.6. The van der Waals surface area contributed by atoms with Crippen LogP contribution in [0.5, 0.6) is 5.75 Å². The molecular weight excluding hydrogens is 240 g/mol. The number of rotatable bonds is 4. The molecule has 1 aliphatic carbocycles. The minimum Gasteiger partial charge on any atom is -0.493 e. The Morgan fingerprint density at radius 1 is 1.53 bits per heavy atom. The quantitative estimate of drug-likeness (QED) is 0.911. The van der Waals surface area contributed by atoms with E-state index in [1.807, 2.05) is 4.68 Å². The number of aryl methyl sites for hydroxylation is 1. The van der Waals surface area contributed by atoms with Gasteiger partial charge < -0.3 is 9.84 Å².